The van der Waals surface area contributed by atoms with Crippen LogP contribution in [0.3, 0.4) is 0 Å². The Bertz CT molecular complexity index is 619. The molecule has 122 valence electrons. The van der Waals surface area contributed by atoms with E-state index >= 15 is 0 Å². The molecule has 0 N–H and O–H groups in total. The summed E-state index contributed by atoms with van der Waals surface area (Å²) in [5.74, 6) is -0.0569. The highest BCUT2D eigenvalue weighted by Crippen LogP contribution is 2.19. The number of carbonyl (C=O) groups excluding carboxylic acids is 1. The number of amides is 1. The Morgan fingerprint density at radius 2 is 1.86 bits per heavy atom. The minimum absolute atomic E-state index is 0.0234. The van der Waals surface area contributed by atoms with E-state index in [2.05, 4.69) is 0 Å². The summed E-state index contributed by atoms with van der Waals surface area (Å²) in [6.07, 6.45) is 1.83. The molecule has 0 unspecified atom stereocenters. The Hall–Kier alpha value is -1.12. The third kappa shape index (κ3) is 4.96. The summed E-state index contributed by atoms with van der Waals surface area (Å²) < 4.78 is 37.3. The fourth-order valence-electron chi connectivity index (χ4n) is 2.24. The fourth-order valence-corrected chi connectivity index (χ4v) is 3.92. The number of thioether (sulfide) groups is 1. The van der Waals surface area contributed by atoms with Crippen LogP contribution in [0.5, 0.6) is 0 Å². The summed E-state index contributed by atoms with van der Waals surface area (Å²) in [5.41, 5.74) is 0. The maximum atomic E-state index is 12.8. The van der Waals surface area contributed by atoms with Crippen molar-refractivity contribution in [1.29, 1.82) is 0 Å². The highest BCUT2D eigenvalue weighted by Gasteiger charge is 2.23. The molecule has 0 aromatic heterocycles. The predicted molar refractivity (Wildman–Crippen MR) is 84.7 cm³/mol. The lowest BCUT2D eigenvalue weighted by Crippen LogP contribution is -2.37. The van der Waals surface area contributed by atoms with E-state index in [1.807, 2.05) is 0 Å². The standard InChI is InChI=1S/C14H19FN2O3S2/c1-22(19,20)17-8-2-7-16(9-10-17)14(18)11-21-13-5-3-12(15)4-6-13/h3-6H,2,7-11H2,1H3. The smallest absolute Gasteiger partial charge is 0.232 e. The number of sulfonamides is 1. The molecule has 0 atom stereocenters. The summed E-state index contributed by atoms with van der Waals surface area (Å²) in [7, 11) is -3.20. The van der Waals surface area contributed by atoms with Crippen LogP contribution in [0.15, 0.2) is 29.2 Å². The van der Waals surface area contributed by atoms with Gasteiger partial charge in [-0.3, -0.25) is 4.79 Å². The maximum absolute atomic E-state index is 12.8. The van der Waals surface area contributed by atoms with Crippen LogP contribution in [-0.2, 0) is 14.8 Å². The van der Waals surface area contributed by atoms with Gasteiger partial charge in [-0.1, -0.05) is 0 Å². The molecule has 1 amide bonds. The Morgan fingerprint density at radius 3 is 2.50 bits per heavy atom. The molecule has 1 aliphatic rings. The normalized spacial score (nSPS) is 17.3. The number of nitrogens with zero attached hydrogens (tertiary/aromatic N) is 2. The van der Waals surface area contributed by atoms with Gasteiger partial charge >= 0.3 is 0 Å². The maximum Gasteiger partial charge on any atom is 0.232 e. The SMILES string of the molecule is CS(=O)(=O)N1CCCN(C(=O)CSc2ccc(F)cc2)CC1. The van der Waals surface area contributed by atoms with Crippen LogP contribution in [0.1, 0.15) is 6.42 Å². The van der Waals surface area contributed by atoms with Gasteiger partial charge in [-0.25, -0.2) is 17.1 Å². The molecular formula is C14H19FN2O3S2. The quantitative estimate of drug-likeness (QED) is 0.774. The number of benzene rings is 1. The fraction of sp³-hybridized carbons (Fsp3) is 0.500. The number of carbonyl (C=O) groups is 1. The second-order valence-electron chi connectivity index (χ2n) is 5.14. The van der Waals surface area contributed by atoms with Crippen molar-refractivity contribution in [3.05, 3.63) is 30.1 Å². The van der Waals surface area contributed by atoms with E-state index in [9.17, 15) is 17.6 Å². The number of halogens is 1. The lowest BCUT2D eigenvalue weighted by molar-refractivity contribution is -0.128. The highest BCUT2D eigenvalue weighted by molar-refractivity contribution is 8.00. The molecule has 5 nitrogen and oxygen atoms in total. The van der Waals surface area contributed by atoms with Gasteiger partial charge < -0.3 is 4.90 Å². The zero-order chi connectivity index (χ0) is 16.2. The first-order valence-electron chi connectivity index (χ1n) is 6.97. The molecule has 8 heteroatoms. The number of hydrogen-bond donors (Lipinski definition) is 0. The monoisotopic (exact) mass is 346 g/mol. The van der Waals surface area contributed by atoms with Crippen LogP contribution in [0, 0.1) is 5.82 Å². The van der Waals surface area contributed by atoms with Gasteiger partial charge in [0, 0.05) is 31.1 Å². The van der Waals surface area contributed by atoms with E-state index in [1.165, 1.54) is 34.5 Å². The molecule has 0 aliphatic carbocycles. The third-order valence-electron chi connectivity index (χ3n) is 3.45. The van der Waals surface area contributed by atoms with Crippen molar-refractivity contribution in [2.45, 2.75) is 11.3 Å². The van der Waals surface area contributed by atoms with Gasteiger partial charge in [-0.2, -0.15) is 0 Å². The Kier molecular flexibility index (Phi) is 5.82. The summed E-state index contributed by atoms with van der Waals surface area (Å²) in [6.45, 7) is 1.77. The van der Waals surface area contributed by atoms with Crippen LogP contribution in [0.25, 0.3) is 0 Å². The van der Waals surface area contributed by atoms with E-state index in [0.717, 1.165) is 4.90 Å². The summed E-state index contributed by atoms with van der Waals surface area (Å²) in [6, 6.07) is 6.01. The first-order chi connectivity index (χ1) is 10.4. The number of rotatable bonds is 4. The molecule has 0 radical (unpaired) electrons. The average Bonchev–Trinajstić information content (AvgIpc) is 2.72. The van der Waals surface area contributed by atoms with Crippen molar-refractivity contribution in [2.75, 3.05) is 38.2 Å². The lowest BCUT2D eigenvalue weighted by atomic mass is 10.4. The van der Waals surface area contributed by atoms with Crippen molar-refractivity contribution in [3.8, 4) is 0 Å². The Balaban J connectivity index is 1.86. The molecular weight excluding hydrogens is 327 g/mol. The van der Waals surface area contributed by atoms with Gasteiger partial charge in [0.1, 0.15) is 5.82 Å². The molecule has 0 saturated carbocycles. The third-order valence-corrected chi connectivity index (χ3v) is 5.75. The largest absolute Gasteiger partial charge is 0.341 e. The van der Waals surface area contributed by atoms with Gasteiger partial charge in [0.15, 0.2) is 0 Å². The first-order valence-corrected chi connectivity index (χ1v) is 9.81. The van der Waals surface area contributed by atoms with Gasteiger partial charge in [-0.05, 0) is 30.7 Å². The van der Waals surface area contributed by atoms with E-state index in [0.29, 0.717) is 32.6 Å². The van der Waals surface area contributed by atoms with Crippen LogP contribution >= 0.6 is 11.8 Å². The summed E-state index contributed by atoms with van der Waals surface area (Å²) in [4.78, 5) is 14.7. The summed E-state index contributed by atoms with van der Waals surface area (Å²) >= 11 is 1.35. The van der Waals surface area contributed by atoms with Gasteiger partial charge in [0.05, 0.1) is 12.0 Å². The van der Waals surface area contributed by atoms with E-state index in [4.69, 9.17) is 0 Å². The van der Waals surface area contributed by atoms with E-state index < -0.39 is 10.0 Å². The molecule has 1 heterocycles. The minimum atomic E-state index is -3.20. The molecule has 1 aromatic rings. The Morgan fingerprint density at radius 1 is 1.18 bits per heavy atom. The van der Waals surface area contributed by atoms with Crippen LogP contribution in [0.4, 0.5) is 4.39 Å². The molecule has 1 aliphatic heterocycles. The lowest BCUT2D eigenvalue weighted by Gasteiger charge is -2.20. The average molecular weight is 346 g/mol. The Labute approximate surface area is 134 Å². The minimum Gasteiger partial charge on any atom is -0.341 e. The molecule has 0 bridgehead atoms. The van der Waals surface area contributed by atoms with Crippen molar-refractivity contribution in [3.63, 3.8) is 0 Å². The van der Waals surface area contributed by atoms with Crippen LogP contribution in [0.2, 0.25) is 0 Å². The van der Waals surface area contributed by atoms with Gasteiger partial charge in [0.2, 0.25) is 15.9 Å². The molecule has 1 aromatic carbocycles. The van der Waals surface area contributed by atoms with Gasteiger partial charge in [-0.15, -0.1) is 11.8 Å². The van der Waals surface area contributed by atoms with Crippen molar-refractivity contribution in [2.24, 2.45) is 0 Å². The van der Waals surface area contributed by atoms with E-state index in [1.54, 1.807) is 17.0 Å². The van der Waals surface area contributed by atoms with Crippen LogP contribution in [-0.4, -0.2) is 61.7 Å². The summed E-state index contributed by atoms with van der Waals surface area (Å²) in [5, 5.41) is 0. The predicted octanol–water partition coefficient (Wildman–Crippen LogP) is 1.41. The molecule has 0 spiro atoms. The highest BCUT2D eigenvalue weighted by atomic mass is 32.2. The molecule has 1 fully saturated rings. The van der Waals surface area contributed by atoms with Crippen molar-refractivity contribution < 1.29 is 17.6 Å². The van der Waals surface area contributed by atoms with Crippen LogP contribution < -0.4 is 0 Å². The van der Waals surface area contributed by atoms with Crippen molar-refractivity contribution in [1.82, 2.24) is 9.21 Å². The molecule has 1 saturated heterocycles. The zero-order valence-corrected chi connectivity index (χ0v) is 14.0. The topological polar surface area (TPSA) is 57.7 Å². The second kappa shape index (κ2) is 7.43. The first kappa shape index (κ1) is 17.2. The number of hydrogen-bond acceptors (Lipinski definition) is 4. The molecule has 22 heavy (non-hydrogen) atoms. The van der Waals surface area contributed by atoms with Gasteiger partial charge in [0.25, 0.3) is 0 Å². The molecule has 2 rings (SSSR count). The van der Waals surface area contributed by atoms with E-state index in [-0.39, 0.29) is 17.5 Å². The van der Waals surface area contributed by atoms with Crippen molar-refractivity contribution >= 4 is 27.7 Å². The second-order valence-corrected chi connectivity index (χ2v) is 8.17. The zero-order valence-electron chi connectivity index (χ0n) is 12.4.